The second-order valence-corrected chi connectivity index (χ2v) is 11.5. The molecule has 202 valence electrons. The van der Waals surface area contributed by atoms with Crippen LogP contribution in [0.4, 0.5) is 8.78 Å². The third-order valence-electron chi connectivity index (χ3n) is 8.02. The molecule has 6 heteroatoms. The minimum Gasteiger partial charge on any atom is -0.309 e. The minimum atomic E-state index is -0.492. The zero-order chi connectivity index (χ0) is 28.5. The number of hydrogen-bond donors (Lipinski definition) is 2. The Morgan fingerprint density at radius 3 is 1.24 bits per heavy atom. The van der Waals surface area contributed by atoms with E-state index in [1.54, 1.807) is 12.1 Å². The van der Waals surface area contributed by atoms with E-state index >= 15 is 8.78 Å². The smallest absolute Gasteiger partial charge is 0.133 e. The highest BCUT2D eigenvalue weighted by molar-refractivity contribution is 7.80. The minimum absolute atomic E-state index is 0.211. The molecule has 0 unspecified atom stereocenters. The maximum atomic E-state index is 15.8. The van der Waals surface area contributed by atoms with Crippen LogP contribution < -0.4 is 0 Å². The van der Waals surface area contributed by atoms with Crippen molar-refractivity contribution in [3.05, 3.63) is 133 Å². The van der Waals surface area contributed by atoms with Crippen LogP contribution >= 0.6 is 25.3 Å². The number of para-hydroxylation sites is 2. The van der Waals surface area contributed by atoms with Crippen molar-refractivity contribution in [3.8, 4) is 22.5 Å². The average molecular weight is 585 g/mol. The van der Waals surface area contributed by atoms with Gasteiger partial charge in [-0.1, -0.05) is 36.4 Å². The Balaban J connectivity index is 1.25. The zero-order valence-electron chi connectivity index (χ0n) is 22.1. The standard InChI is InChI=1S/C36H22F2N2S2/c37-31-17-21(39-33-7-3-1-5-27(33)29-19-23(41)11-15-35(29)39)9-13-25(31)26-14-10-22(18-32(26)38)40-34-8-4-2-6-28(34)30-20-24(42)12-16-36(30)40/h1-20,41-42H. The van der Waals surface area contributed by atoms with Crippen LogP contribution in [0.25, 0.3) is 66.1 Å². The van der Waals surface area contributed by atoms with Gasteiger partial charge in [0, 0.05) is 53.8 Å². The third kappa shape index (κ3) is 3.79. The zero-order valence-corrected chi connectivity index (χ0v) is 23.9. The summed E-state index contributed by atoms with van der Waals surface area (Å²) < 4.78 is 35.7. The summed E-state index contributed by atoms with van der Waals surface area (Å²) in [6.07, 6.45) is 0. The van der Waals surface area contributed by atoms with Gasteiger partial charge in [0.15, 0.2) is 0 Å². The molecule has 0 aliphatic rings. The molecule has 0 fully saturated rings. The van der Waals surface area contributed by atoms with Gasteiger partial charge in [0.2, 0.25) is 0 Å². The van der Waals surface area contributed by atoms with Gasteiger partial charge in [-0.3, -0.25) is 0 Å². The Morgan fingerprint density at radius 1 is 0.405 bits per heavy atom. The Hall–Kier alpha value is -4.52. The van der Waals surface area contributed by atoms with E-state index in [2.05, 4.69) is 37.4 Å². The van der Waals surface area contributed by atoms with Crippen LogP contribution in [0.2, 0.25) is 0 Å². The van der Waals surface area contributed by atoms with E-state index in [1.807, 2.05) is 94.1 Å². The van der Waals surface area contributed by atoms with Crippen LogP contribution in [-0.2, 0) is 0 Å². The summed E-state index contributed by atoms with van der Waals surface area (Å²) in [6, 6.07) is 37.9. The van der Waals surface area contributed by atoms with E-state index in [1.165, 1.54) is 12.1 Å². The molecule has 0 aliphatic carbocycles. The summed E-state index contributed by atoms with van der Waals surface area (Å²) in [4.78, 5) is 1.72. The van der Waals surface area contributed by atoms with Gasteiger partial charge in [0.1, 0.15) is 11.6 Å². The van der Waals surface area contributed by atoms with Crippen molar-refractivity contribution in [2.75, 3.05) is 0 Å². The lowest BCUT2D eigenvalue weighted by molar-refractivity contribution is 0.615. The fourth-order valence-corrected chi connectivity index (χ4v) is 6.61. The molecule has 0 spiro atoms. The normalized spacial score (nSPS) is 11.8. The third-order valence-corrected chi connectivity index (χ3v) is 8.58. The highest BCUT2D eigenvalue weighted by Gasteiger charge is 2.18. The van der Waals surface area contributed by atoms with E-state index in [0.29, 0.717) is 11.4 Å². The number of hydrogen-bond acceptors (Lipinski definition) is 2. The molecular formula is C36H22F2N2S2. The van der Waals surface area contributed by atoms with Crippen LogP contribution in [0, 0.1) is 11.6 Å². The maximum Gasteiger partial charge on any atom is 0.133 e. The van der Waals surface area contributed by atoms with E-state index in [4.69, 9.17) is 0 Å². The molecule has 0 saturated heterocycles. The molecule has 8 aromatic rings. The molecule has 2 heterocycles. The number of aromatic nitrogens is 2. The van der Waals surface area contributed by atoms with Gasteiger partial charge in [-0.05, 0) is 84.9 Å². The number of halogens is 2. The van der Waals surface area contributed by atoms with Gasteiger partial charge >= 0.3 is 0 Å². The van der Waals surface area contributed by atoms with Crippen molar-refractivity contribution >= 4 is 68.9 Å². The summed E-state index contributed by atoms with van der Waals surface area (Å²) in [5.41, 5.74) is 5.59. The van der Waals surface area contributed by atoms with Crippen molar-refractivity contribution in [2.45, 2.75) is 9.79 Å². The van der Waals surface area contributed by atoms with E-state index in [0.717, 1.165) is 53.4 Å². The fraction of sp³-hybridized carbons (Fsp3) is 0. The molecule has 0 aliphatic heterocycles. The van der Waals surface area contributed by atoms with Crippen molar-refractivity contribution in [1.29, 1.82) is 0 Å². The highest BCUT2D eigenvalue weighted by Crippen LogP contribution is 2.37. The predicted molar refractivity (Wildman–Crippen MR) is 175 cm³/mol. The van der Waals surface area contributed by atoms with Crippen molar-refractivity contribution < 1.29 is 8.78 Å². The molecule has 0 radical (unpaired) electrons. The van der Waals surface area contributed by atoms with Crippen molar-refractivity contribution in [2.24, 2.45) is 0 Å². The highest BCUT2D eigenvalue weighted by atomic mass is 32.1. The van der Waals surface area contributed by atoms with Crippen LogP contribution in [0.3, 0.4) is 0 Å². The Kier molecular flexibility index (Phi) is 5.71. The first-order chi connectivity index (χ1) is 20.5. The summed E-state index contributed by atoms with van der Waals surface area (Å²) in [5, 5.41) is 4.20. The van der Waals surface area contributed by atoms with Crippen LogP contribution in [-0.4, -0.2) is 9.13 Å². The van der Waals surface area contributed by atoms with Crippen LogP contribution in [0.5, 0.6) is 0 Å². The lowest BCUT2D eigenvalue weighted by Gasteiger charge is -2.13. The van der Waals surface area contributed by atoms with E-state index in [9.17, 15) is 0 Å². The van der Waals surface area contributed by atoms with Gasteiger partial charge in [-0.2, -0.15) is 0 Å². The molecule has 0 amide bonds. The Morgan fingerprint density at radius 2 is 0.810 bits per heavy atom. The summed E-state index contributed by atoms with van der Waals surface area (Å²) in [5.74, 6) is -0.983. The number of benzene rings is 6. The molecule has 0 N–H and O–H groups in total. The second-order valence-electron chi connectivity index (χ2n) is 10.4. The fourth-order valence-electron chi connectivity index (χ4n) is 6.20. The molecule has 0 saturated carbocycles. The number of rotatable bonds is 3. The van der Waals surface area contributed by atoms with Gasteiger partial charge < -0.3 is 9.13 Å². The lowest BCUT2D eigenvalue weighted by Crippen LogP contribution is -1.98. The Labute approximate surface area is 251 Å². The monoisotopic (exact) mass is 584 g/mol. The summed E-state index contributed by atoms with van der Waals surface area (Å²) in [6.45, 7) is 0. The molecule has 6 aromatic carbocycles. The summed E-state index contributed by atoms with van der Waals surface area (Å²) >= 11 is 9.04. The van der Waals surface area contributed by atoms with Crippen molar-refractivity contribution in [1.82, 2.24) is 9.13 Å². The van der Waals surface area contributed by atoms with Gasteiger partial charge in [-0.15, -0.1) is 25.3 Å². The maximum absolute atomic E-state index is 15.8. The molecule has 0 atom stereocenters. The Bertz CT molecular complexity index is 2200. The first-order valence-electron chi connectivity index (χ1n) is 13.5. The summed E-state index contributed by atoms with van der Waals surface area (Å²) in [7, 11) is 0. The molecule has 0 bridgehead atoms. The molecule has 2 aromatic heterocycles. The second kappa shape index (κ2) is 9.51. The number of fused-ring (bicyclic) bond motifs is 6. The van der Waals surface area contributed by atoms with Crippen molar-refractivity contribution in [3.63, 3.8) is 0 Å². The molecule has 2 nitrogen and oxygen atoms in total. The molecular weight excluding hydrogens is 563 g/mol. The SMILES string of the molecule is Fc1cc(-n2c3ccccc3c3cc(S)ccc32)ccc1-c1ccc(-n2c3ccccc3c3cc(S)ccc32)cc1F. The number of thiol groups is 2. The van der Waals surface area contributed by atoms with Gasteiger partial charge in [-0.25, -0.2) is 8.78 Å². The number of nitrogens with zero attached hydrogens (tertiary/aromatic N) is 2. The van der Waals surface area contributed by atoms with Crippen LogP contribution in [0.1, 0.15) is 0 Å². The van der Waals surface area contributed by atoms with Gasteiger partial charge in [0.05, 0.1) is 22.1 Å². The van der Waals surface area contributed by atoms with Crippen LogP contribution in [0.15, 0.2) is 131 Å². The first-order valence-corrected chi connectivity index (χ1v) is 14.4. The van der Waals surface area contributed by atoms with Gasteiger partial charge in [0.25, 0.3) is 0 Å². The predicted octanol–water partition coefficient (Wildman–Crippen LogP) is 10.4. The lowest BCUT2D eigenvalue weighted by atomic mass is 10.0. The van der Waals surface area contributed by atoms with E-state index < -0.39 is 11.6 Å². The molecule has 8 rings (SSSR count). The topological polar surface area (TPSA) is 9.86 Å². The quantitative estimate of drug-likeness (QED) is 0.191. The van der Waals surface area contributed by atoms with E-state index in [-0.39, 0.29) is 11.1 Å². The largest absolute Gasteiger partial charge is 0.309 e. The molecule has 42 heavy (non-hydrogen) atoms. The first kappa shape index (κ1) is 25.2. The average Bonchev–Trinajstić information content (AvgIpc) is 3.49.